The predicted octanol–water partition coefficient (Wildman–Crippen LogP) is 3.00. The minimum atomic E-state index is -0.250. The maximum Gasteiger partial charge on any atom is 0.254 e. The van der Waals surface area contributed by atoms with E-state index in [1.165, 1.54) is 6.21 Å². The number of rotatable bonds is 4. The fraction of sp³-hybridized carbons (Fsp3) is 0.421. The number of ether oxygens (including phenoxy) is 2. The molecule has 26 heavy (non-hydrogen) atoms. The highest BCUT2D eigenvalue weighted by Gasteiger charge is 2.56. The van der Waals surface area contributed by atoms with Gasteiger partial charge in [-0.2, -0.15) is 10.1 Å². The van der Waals surface area contributed by atoms with Gasteiger partial charge in [-0.3, -0.25) is 9.59 Å². The Morgan fingerprint density at radius 2 is 1.69 bits per heavy atom. The highest BCUT2D eigenvalue weighted by Crippen LogP contribution is 2.49. The first-order valence-corrected chi connectivity index (χ1v) is 9.36. The first-order valence-electron chi connectivity index (χ1n) is 8.56. The van der Waals surface area contributed by atoms with Gasteiger partial charge in [-0.25, -0.2) is 0 Å². The van der Waals surface area contributed by atoms with E-state index in [9.17, 15) is 9.59 Å². The van der Waals surface area contributed by atoms with Crippen LogP contribution in [0.5, 0.6) is 11.5 Å². The Morgan fingerprint density at radius 1 is 1.08 bits per heavy atom. The molecule has 5 rings (SSSR count). The van der Waals surface area contributed by atoms with Crippen LogP contribution < -0.4 is 9.47 Å². The first kappa shape index (κ1) is 17.3. The second-order valence-electron chi connectivity index (χ2n) is 6.81. The van der Waals surface area contributed by atoms with Crippen LogP contribution in [0.15, 0.2) is 33.9 Å². The average Bonchev–Trinajstić information content (AvgIpc) is 2.93. The molecule has 1 saturated heterocycles. The Morgan fingerprint density at radius 3 is 2.19 bits per heavy atom. The van der Waals surface area contributed by atoms with E-state index < -0.39 is 0 Å². The van der Waals surface area contributed by atoms with Crippen LogP contribution in [0, 0.1) is 23.7 Å². The summed E-state index contributed by atoms with van der Waals surface area (Å²) in [6, 6.07) is 3.55. The van der Waals surface area contributed by atoms with Gasteiger partial charge in [-0.15, -0.1) is 0 Å². The van der Waals surface area contributed by atoms with Crippen molar-refractivity contribution < 1.29 is 19.1 Å². The predicted molar refractivity (Wildman–Crippen MR) is 99.0 cm³/mol. The molecule has 1 heterocycles. The molecule has 3 aliphatic carbocycles. The van der Waals surface area contributed by atoms with Gasteiger partial charge in [0, 0.05) is 0 Å². The van der Waals surface area contributed by atoms with E-state index >= 15 is 0 Å². The van der Waals surface area contributed by atoms with E-state index in [-0.39, 0.29) is 35.5 Å². The van der Waals surface area contributed by atoms with E-state index in [0.717, 1.165) is 17.9 Å². The molecule has 2 fully saturated rings. The lowest BCUT2D eigenvalue weighted by molar-refractivity contribution is -0.140. The first-order chi connectivity index (χ1) is 12.5. The van der Waals surface area contributed by atoms with Gasteiger partial charge in [0.2, 0.25) is 0 Å². The number of methoxy groups -OCH3 is 2. The van der Waals surface area contributed by atoms with Crippen molar-refractivity contribution in [3.05, 3.63) is 34.3 Å². The molecular formula is C19H19BrN2O4. The fourth-order valence-corrected chi connectivity index (χ4v) is 4.93. The van der Waals surface area contributed by atoms with Crippen LogP contribution in [0.3, 0.4) is 0 Å². The minimum Gasteiger partial charge on any atom is -0.493 e. The van der Waals surface area contributed by atoms with Gasteiger partial charge >= 0.3 is 0 Å². The Hall–Kier alpha value is -2.15. The number of amides is 2. The molecule has 1 saturated carbocycles. The van der Waals surface area contributed by atoms with E-state index in [1.807, 2.05) is 0 Å². The van der Waals surface area contributed by atoms with Gasteiger partial charge in [0.05, 0.1) is 36.7 Å². The second kappa shape index (κ2) is 6.54. The van der Waals surface area contributed by atoms with Crippen molar-refractivity contribution in [1.82, 2.24) is 5.01 Å². The Bertz CT molecular complexity index is 803. The lowest BCUT2D eigenvalue weighted by Gasteiger charge is -2.37. The van der Waals surface area contributed by atoms with Gasteiger partial charge < -0.3 is 9.47 Å². The van der Waals surface area contributed by atoms with E-state index in [4.69, 9.17) is 9.47 Å². The molecule has 6 nitrogen and oxygen atoms in total. The summed E-state index contributed by atoms with van der Waals surface area (Å²) >= 11 is 3.43. The Kier molecular flexibility index (Phi) is 4.34. The monoisotopic (exact) mass is 418 g/mol. The van der Waals surface area contributed by atoms with Gasteiger partial charge in [0.25, 0.3) is 11.8 Å². The number of fused-ring (bicyclic) bond motifs is 1. The number of allylic oxidation sites excluding steroid dienone is 2. The maximum atomic E-state index is 12.8. The summed E-state index contributed by atoms with van der Waals surface area (Å²) in [7, 11) is 3.11. The van der Waals surface area contributed by atoms with E-state index in [1.54, 1.807) is 26.4 Å². The smallest absolute Gasteiger partial charge is 0.254 e. The van der Waals surface area contributed by atoms with Crippen molar-refractivity contribution in [3.63, 3.8) is 0 Å². The molecule has 2 bridgehead atoms. The van der Waals surface area contributed by atoms with Gasteiger partial charge in [-0.1, -0.05) is 12.2 Å². The summed E-state index contributed by atoms with van der Waals surface area (Å²) in [6.07, 6.45) is 7.65. The van der Waals surface area contributed by atoms with Crippen molar-refractivity contribution >= 4 is 34.0 Å². The molecular weight excluding hydrogens is 400 g/mol. The number of hydrogen-bond acceptors (Lipinski definition) is 5. The molecule has 0 spiro atoms. The largest absolute Gasteiger partial charge is 0.493 e. The third kappa shape index (κ3) is 2.57. The molecule has 0 radical (unpaired) electrons. The third-order valence-electron chi connectivity index (χ3n) is 5.51. The lowest BCUT2D eigenvalue weighted by Crippen LogP contribution is -2.38. The lowest BCUT2D eigenvalue weighted by atomic mass is 9.63. The number of carbonyl (C=O) groups excluding carboxylic acids is 2. The van der Waals surface area contributed by atoms with Gasteiger partial charge in [0.1, 0.15) is 0 Å². The summed E-state index contributed by atoms with van der Waals surface area (Å²) in [4.78, 5) is 25.5. The summed E-state index contributed by atoms with van der Waals surface area (Å²) in [6.45, 7) is 0. The fourth-order valence-electron chi connectivity index (χ4n) is 4.31. The number of hydrogen-bond donors (Lipinski definition) is 0. The quantitative estimate of drug-likeness (QED) is 0.428. The average molecular weight is 419 g/mol. The molecule has 1 aromatic rings. The molecule has 4 aliphatic rings. The van der Waals surface area contributed by atoms with Crippen LogP contribution in [0.2, 0.25) is 0 Å². The SMILES string of the molecule is COc1cc(/C=N\N2C(=O)[C@@H]3[C@H](C2=O)[C@H]2C=C[C@H]3CC2)cc(Br)c1OC. The number of nitrogens with zero attached hydrogens (tertiary/aromatic N) is 2. The minimum absolute atomic E-state index is 0.164. The van der Waals surface area contributed by atoms with Crippen LogP contribution in [-0.4, -0.2) is 37.3 Å². The topological polar surface area (TPSA) is 68.2 Å². The van der Waals surface area contributed by atoms with E-state index in [0.29, 0.717) is 21.5 Å². The summed E-state index contributed by atoms with van der Waals surface area (Å²) in [5.74, 6) is 0.574. The molecule has 1 aromatic carbocycles. The zero-order valence-electron chi connectivity index (χ0n) is 14.5. The Balaban J connectivity index is 1.61. The van der Waals surface area contributed by atoms with Crippen LogP contribution >= 0.6 is 15.9 Å². The number of halogens is 1. The molecule has 0 unspecified atom stereocenters. The highest BCUT2D eigenvalue weighted by molar-refractivity contribution is 9.10. The van der Waals surface area contributed by atoms with Gasteiger partial charge in [0.15, 0.2) is 11.5 Å². The zero-order chi connectivity index (χ0) is 18.4. The van der Waals surface area contributed by atoms with Crippen LogP contribution in [0.25, 0.3) is 0 Å². The number of benzene rings is 1. The van der Waals surface area contributed by atoms with E-state index in [2.05, 4.69) is 33.2 Å². The molecule has 0 aromatic heterocycles. The summed E-state index contributed by atoms with van der Waals surface area (Å²) < 4.78 is 11.3. The van der Waals surface area contributed by atoms with Crippen molar-refractivity contribution in [2.75, 3.05) is 14.2 Å². The molecule has 4 atom stereocenters. The van der Waals surface area contributed by atoms with Crippen LogP contribution in [-0.2, 0) is 9.59 Å². The third-order valence-corrected chi connectivity index (χ3v) is 6.10. The van der Waals surface area contributed by atoms with Crippen molar-refractivity contribution in [2.24, 2.45) is 28.8 Å². The maximum absolute atomic E-state index is 12.8. The van der Waals surface area contributed by atoms with Crippen LogP contribution in [0.1, 0.15) is 18.4 Å². The number of imide groups is 1. The highest BCUT2D eigenvalue weighted by atomic mass is 79.9. The molecule has 2 amide bonds. The molecule has 136 valence electrons. The Labute approximate surface area is 160 Å². The zero-order valence-corrected chi connectivity index (χ0v) is 16.1. The summed E-state index contributed by atoms with van der Waals surface area (Å²) in [5.41, 5.74) is 0.700. The van der Waals surface area contributed by atoms with Crippen molar-refractivity contribution in [3.8, 4) is 11.5 Å². The molecule has 1 aliphatic heterocycles. The van der Waals surface area contributed by atoms with Crippen molar-refractivity contribution in [2.45, 2.75) is 12.8 Å². The normalized spacial score (nSPS) is 29.6. The summed E-state index contributed by atoms with van der Waals surface area (Å²) in [5, 5.41) is 5.27. The molecule has 7 heteroatoms. The van der Waals surface area contributed by atoms with Crippen LogP contribution in [0.4, 0.5) is 0 Å². The number of carbonyl (C=O) groups is 2. The molecule has 0 N–H and O–H groups in total. The standard InChI is InChI=1S/C19H19BrN2O4/c1-25-14-8-10(7-13(20)17(14)26-2)9-21-22-18(23)15-11-3-4-12(6-5-11)16(15)19(22)24/h3-4,7-9,11-12,15-16H,5-6H2,1-2H3/b21-9-/t11-,12-,15-,16+/m0/s1. The second-order valence-corrected chi connectivity index (χ2v) is 7.67. The number of hydrazone groups is 1. The van der Waals surface area contributed by atoms with Crippen molar-refractivity contribution in [1.29, 1.82) is 0 Å². The van der Waals surface area contributed by atoms with Gasteiger partial charge in [-0.05, 0) is 58.3 Å².